The summed E-state index contributed by atoms with van der Waals surface area (Å²) in [7, 11) is 0. The minimum absolute atomic E-state index is 0. The average Bonchev–Trinajstić information content (AvgIpc) is 2.70. The van der Waals surface area contributed by atoms with Gasteiger partial charge in [0.15, 0.2) is 5.82 Å². The normalized spacial score (nSPS) is 12.8. The standard InChI is InChI=1S/C14H14N3O2.C5H9O.U/c1-2-12-8-16-13(9-15-12)17-14(18)19-10-11-6-4-3-5-7-11;1-2-4-6-5-3-1;/h3-9H,1-2,10H2,(H,16,17,18);4H,1-3,5H2;/q2*-1;+2. The number of nitrogens with zero attached hydrogens (tertiary/aromatic N) is 2. The van der Waals surface area contributed by atoms with Gasteiger partial charge < -0.3 is 16.4 Å². The van der Waals surface area contributed by atoms with Crippen molar-refractivity contribution in [1.29, 1.82) is 0 Å². The van der Waals surface area contributed by atoms with Crippen molar-refractivity contribution in [3.05, 3.63) is 67.5 Å². The molecule has 2 heterocycles. The van der Waals surface area contributed by atoms with Crippen LogP contribution in [0.5, 0.6) is 0 Å². The second-order valence-electron chi connectivity index (χ2n) is 5.36. The molecule has 0 radical (unpaired) electrons. The summed E-state index contributed by atoms with van der Waals surface area (Å²) in [6.45, 7) is 6.75. The van der Waals surface area contributed by atoms with E-state index < -0.39 is 6.09 Å². The summed E-state index contributed by atoms with van der Waals surface area (Å²) in [5, 5.41) is 2.51. The van der Waals surface area contributed by atoms with Gasteiger partial charge in [0.1, 0.15) is 6.61 Å². The zero-order valence-corrected chi connectivity index (χ0v) is 18.9. The largest absolute Gasteiger partial charge is 2.00 e. The summed E-state index contributed by atoms with van der Waals surface area (Å²) in [6.07, 6.45) is 6.77. The minimum Gasteiger partial charge on any atom is -0.552 e. The number of hydrogen-bond donors (Lipinski definition) is 1. The maximum absolute atomic E-state index is 11.5. The van der Waals surface area contributed by atoms with Crippen LogP contribution in [0.15, 0.2) is 42.7 Å². The maximum Gasteiger partial charge on any atom is 2.00 e. The van der Waals surface area contributed by atoms with Gasteiger partial charge in [-0.25, -0.2) is 16.4 Å². The van der Waals surface area contributed by atoms with E-state index in [0.29, 0.717) is 12.2 Å². The third-order valence-electron chi connectivity index (χ3n) is 3.36. The fraction of sp³-hybridized carbons (Fsp3) is 0.316. The van der Waals surface area contributed by atoms with Crippen molar-refractivity contribution in [3.8, 4) is 0 Å². The number of hydrogen-bond acceptors (Lipinski definition) is 5. The van der Waals surface area contributed by atoms with E-state index in [1.165, 1.54) is 19.0 Å². The first kappa shape index (κ1) is 22.6. The zero-order chi connectivity index (χ0) is 17.7. The van der Waals surface area contributed by atoms with Crippen LogP contribution in [0.25, 0.3) is 0 Å². The van der Waals surface area contributed by atoms with Crippen LogP contribution in [0.1, 0.15) is 30.5 Å². The molecule has 1 saturated heterocycles. The number of carbonyl (C=O) groups is 1. The molecule has 1 fully saturated rings. The Labute approximate surface area is 178 Å². The SMILES string of the molecule is [CH-]1CCCCO1.[CH2-]Cc1cnc(NC(=O)OCc2ccccc2)cn1.[U+2]. The molecule has 1 amide bonds. The number of rotatable bonds is 4. The molecule has 3 rings (SSSR count). The summed E-state index contributed by atoms with van der Waals surface area (Å²) in [4.78, 5) is 19.6. The van der Waals surface area contributed by atoms with Gasteiger partial charge in [-0.15, -0.1) is 6.42 Å². The van der Waals surface area contributed by atoms with Crippen LogP contribution < -0.4 is 5.32 Å². The van der Waals surface area contributed by atoms with Crippen LogP contribution in [0.4, 0.5) is 10.6 Å². The number of benzene rings is 1. The smallest absolute Gasteiger partial charge is 0.552 e. The average molecular weight is 579 g/mol. The fourth-order valence-corrected chi connectivity index (χ4v) is 1.99. The van der Waals surface area contributed by atoms with Gasteiger partial charge in [-0.05, 0) is 12.0 Å². The molecule has 1 aliphatic rings. The molecule has 26 heavy (non-hydrogen) atoms. The minimum atomic E-state index is -0.555. The predicted molar refractivity (Wildman–Crippen MR) is 95.4 cm³/mol. The van der Waals surface area contributed by atoms with E-state index >= 15 is 0 Å². The van der Waals surface area contributed by atoms with Crippen molar-refractivity contribution in [3.63, 3.8) is 0 Å². The van der Waals surface area contributed by atoms with E-state index in [-0.39, 0.29) is 37.7 Å². The summed E-state index contributed by atoms with van der Waals surface area (Å²) in [6, 6.07) is 9.45. The van der Waals surface area contributed by atoms with Gasteiger partial charge >= 0.3 is 37.2 Å². The van der Waals surface area contributed by atoms with Gasteiger partial charge in [-0.3, -0.25) is 10.3 Å². The van der Waals surface area contributed by atoms with Crippen LogP contribution in [0, 0.1) is 44.6 Å². The molecule has 0 bridgehead atoms. The topological polar surface area (TPSA) is 73.3 Å². The van der Waals surface area contributed by atoms with E-state index in [4.69, 9.17) is 9.47 Å². The van der Waals surface area contributed by atoms with Gasteiger partial charge in [0.25, 0.3) is 0 Å². The molecule has 2 aromatic rings. The molecule has 0 saturated carbocycles. The fourth-order valence-electron chi connectivity index (χ4n) is 1.99. The Balaban J connectivity index is 0.000000410. The van der Waals surface area contributed by atoms with Crippen LogP contribution in [-0.2, 0) is 22.5 Å². The summed E-state index contributed by atoms with van der Waals surface area (Å²) >= 11 is 0. The molecule has 1 N–H and O–H groups in total. The third-order valence-corrected chi connectivity index (χ3v) is 3.36. The Morgan fingerprint density at radius 3 is 2.54 bits per heavy atom. The molecule has 0 atom stereocenters. The van der Waals surface area contributed by atoms with Gasteiger partial charge in [0, 0.05) is 18.5 Å². The Kier molecular flexibility index (Phi) is 12.0. The maximum atomic E-state index is 11.5. The van der Waals surface area contributed by atoms with Crippen LogP contribution in [0.3, 0.4) is 0 Å². The third kappa shape index (κ3) is 9.33. The Hall–Kier alpha value is -1.42. The van der Waals surface area contributed by atoms with E-state index in [1.54, 1.807) is 6.20 Å². The van der Waals surface area contributed by atoms with Crippen LogP contribution in [-0.4, -0.2) is 22.7 Å². The molecule has 1 aromatic heterocycles. The first-order chi connectivity index (χ1) is 12.3. The predicted octanol–water partition coefficient (Wildman–Crippen LogP) is 3.95. The van der Waals surface area contributed by atoms with E-state index in [1.807, 2.05) is 36.9 Å². The molecule has 0 unspecified atom stereocenters. The van der Waals surface area contributed by atoms with Crippen molar-refractivity contribution in [1.82, 2.24) is 9.97 Å². The van der Waals surface area contributed by atoms with Gasteiger partial charge in [-0.2, -0.15) is 6.42 Å². The molecular weight excluding hydrogens is 556 g/mol. The van der Waals surface area contributed by atoms with Crippen LogP contribution >= 0.6 is 0 Å². The molecule has 1 aromatic carbocycles. The molecule has 0 spiro atoms. The van der Waals surface area contributed by atoms with Crippen molar-refractivity contribution < 1.29 is 45.4 Å². The summed E-state index contributed by atoms with van der Waals surface area (Å²) in [5.41, 5.74) is 1.69. The molecule has 136 valence electrons. The monoisotopic (exact) mass is 579 g/mol. The summed E-state index contributed by atoms with van der Waals surface area (Å²) < 4.78 is 10.0. The quantitative estimate of drug-likeness (QED) is 0.556. The van der Waals surface area contributed by atoms with Crippen molar-refractivity contribution in [2.75, 3.05) is 11.9 Å². The second kappa shape index (κ2) is 13.7. The Bertz CT molecular complexity index is 608. The zero-order valence-electron chi connectivity index (χ0n) is 14.7. The van der Waals surface area contributed by atoms with E-state index in [9.17, 15) is 4.79 Å². The van der Waals surface area contributed by atoms with Gasteiger partial charge in [-0.1, -0.05) is 36.8 Å². The number of anilines is 1. The number of amides is 1. The van der Waals surface area contributed by atoms with Crippen molar-refractivity contribution in [2.24, 2.45) is 0 Å². The Morgan fingerprint density at radius 2 is 2.04 bits per heavy atom. The van der Waals surface area contributed by atoms with E-state index in [0.717, 1.165) is 24.3 Å². The van der Waals surface area contributed by atoms with E-state index in [2.05, 4.69) is 22.2 Å². The number of carbonyl (C=O) groups excluding carboxylic acids is 1. The molecule has 0 aliphatic carbocycles. The van der Waals surface area contributed by atoms with Crippen molar-refractivity contribution >= 4 is 11.9 Å². The van der Waals surface area contributed by atoms with Crippen molar-refractivity contribution in [2.45, 2.75) is 32.3 Å². The molecule has 6 nitrogen and oxygen atoms in total. The molecular formula is C19H23N3O3U. The number of aromatic nitrogens is 2. The van der Waals surface area contributed by atoms with Gasteiger partial charge in [0.2, 0.25) is 0 Å². The first-order valence-corrected chi connectivity index (χ1v) is 8.29. The van der Waals surface area contributed by atoms with Gasteiger partial charge in [0.05, 0.1) is 6.20 Å². The summed E-state index contributed by atoms with van der Waals surface area (Å²) in [5.74, 6) is 0.357. The Morgan fingerprint density at radius 1 is 1.23 bits per heavy atom. The first-order valence-electron chi connectivity index (χ1n) is 8.29. The van der Waals surface area contributed by atoms with Crippen LogP contribution in [0.2, 0.25) is 0 Å². The molecule has 1 aliphatic heterocycles. The second-order valence-corrected chi connectivity index (χ2v) is 5.36. The number of nitrogens with one attached hydrogen (secondary N) is 1. The molecule has 7 heteroatoms. The number of ether oxygens (including phenoxy) is 2.